The lowest BCUT2D eigenvalue weighted by Gasteiger charge is -2.22. The molecule has 1 aliphatic heterocycles. The highest BCUT2D eigenvalue weighted by molar-refractivity contribution is 5.85. The lowest BCUT2D eigenvalue weighted by atomic mass is 9.93. The van der Waals surface area contributed by atoms with E-state index in [1.807, 2.05) is 0 Å². The Kier molecular flexibility index (Phi) is 7.73. The fourth-order valence-electron chi connectivity index (χ4n) is 3.09. The average molecular weight is 291 g/mol. The maximum absolute atomic E-state index is 11.7. The number of aliphatic hydroxyl groups excluding tert-OH is 1. The van der Waals surface area contributed by atoms with Crippen molar-refractivity contribution in [3.63, 3.8) is 0 Å². The van der Waals surface area contributed by atoms with Crippen LogP contribution >= 0.6 is 12.4 Å². The van der Waals surface area contributed by atoms with Crippen molar-refractivity contribution < 1.29 is 9.90 Å². The lowest BCUT2D eigenvalue weighted by molar-refractivity contribution is -0.121. The van der Waals surface area contributed by atoms with Crippen LogP contribution in [0.4, 0.5) is 0 Å². The minimum absolute atomic E-state index is 0. The number of hydrogen-bond acceptors (Lipinski definition) is 3. The number of carbonyl (C=O) groups excluding carboxylic acids is 1. The molecular formula is C14H27ClN2O2. The molecule has 2 aliphatic rings. The topological polar surface area (TPSA) is 61.4 Å². The van der Waals surface area contributed by atoms with Gasteiger partial charge in [0.05, 0.1) is 6.10 Å². The normalized spacial score (nSPS) is 27.8. The highest BCUT2D eigenvalue weighted by Crippen LogP contribution is 2.24. The summed E-state index contributed by atoms with van der Waals surface area (Å²) in [7, 11) is 0. The van der Waals surface area contributed by atoms with Crippen LogP contribution in [0.15, 0.2) is 0 Å². The van der Waals surface area contributed by atoms with Gasteiger partial charge in [0.1, 0.15) is 0 Å². The molecule has 112 valence electrons. The summed E-state index contributed by atoms with van der Waals surface area (Å²) in [5.74, 6) is 1.16. The minimum atomic E-state index is -0.199. The van der Waals surface area contributed by atoms with E-state index in [-0.39, 0.29) is 30.3 Å². The van der Waals surface area contributed by atoms with Gasteiger partial charge in [0.2, 0.25) is 5.91 Å². The summed E-state index contributed by atoms with van der Waals surface area (Å²) in [6, 6.07) is 0. The van der Waals surface area contributed by atoms with E-state index in [9.17, 15) is 9.90 Å². The van der Waals surface area contributed by atoms with E-state index in [2.05, 4.69) is 10.6 Å². The molecular weight excluding hydrogens is 264 g/mol. The van der Waals surface area contributed by atoms with Crippen molar-refractivity contribution in [2.24, 2.45) is 11.8 Å². The highest BCUT2D eigenvalue weighted by Gasteiger charge is 2.25. The van der Waals surface area contributed by atoms with Gasteiger partial charge in [0.15, 0.2) is 0 Å². The first-order valence-corrected chi connectivity index (χ1v) is 7.41. The van der Waals surface area contributed by atoms with Crippen LogP contribution in [0, 0.1) is 11.8 Å². The molecule has 4 nitrogen and oxygen atoms in total. The Morgan fingerprint density at radius 3 is 2.58 bits per heavy atom. The summed E-state index contributed by atoms with van der Waals surface area (Å²) in [4.78, 5) is 11.7. The minimum Gasteiger partial charge on any atom is -0.393 e. The first kappa shape index (κ1) is 16.7. The molecule has 19 heavy (non-hydrogen) atoms. The quantitative estimate of drug-likeness (QED) is 0.718. The van der Waals surface area contributed by atoms with Gasteiger partial charge >= 0.3 is 0 Å². The van der Waals surface area contributed by atoms with Crippen molar-refractivity contribution in [2.75, 3.05) is 19.6 Å². The third kappa shape index (κ3) is 5.67. The summed E-state index contributed by atoms with van der Waals surface area (Å²) in [5, 5.41) is 16.0. The molecule has 1 saturated carbocycles. The Bertz CT molecular complexity index is 270. The van der Waals surface area contributed by atoms with E-state index in [0.29, 0.717) is 18.9 Å². The molecule has 5 heteroatoms. The van der Waals surface area contributed by atoms with E-state index in [1.54, 1.807) is 0 Å². The number of amides is 1. The van der Waals surface area contributed by atoms with Crippen molar-refractivity contribution in [3.8, 4) is 0 Å². The van der Waals surface area contributed by atoms with E-state index in [1.165, 1.54) is 12.8 Å². The molecule has 0 aromatic heterocycles. The summed E-state index contributed by atoms with van der Waals surface area (Å²) in [6.07, 6.45) is 6.91. The molecule has 2 unspecified atom stereocenters. The maximum atomic E-state index is 11.7. The zero-order valence-corrected chi connectivity index (χ0v) is 12.4. The number of aliphatic hydroxyl groups is 1. The van der Waals surface area contributed by atoms with Crippen LogP contribution < -0.4 is 10.6 Å². The van der Waals surface area contributed by atoms with Gasteiger partial charge < -0.3 is 15.7 Å². The second-order valence-corrected chi connectivity index (χ2v) is 5.79. The van der Waals surface area contributed by atoms with Gasteiger partial charge in [0.25, 0.3) is 0 Å². The van der Waals surface area contributed by atoms with Crippen LogP contribution in [0.5, 0.6) is 0 Å². The highest BCUT2D eigenvalue weighted by atomic mass is 35.5. The number of hydrogen-bond donors (Lipinski definition) is 3. The summed E-state index contributed by atoms with van der Waals surface area (Å²) in [5.41, 5.74) is 0. The Morgan fingerprint density at radius 2 is 1.95 bits per heavy atom. The Morgan fingerprint density at radius 1 is 1.21 bits per heavy atom. The zero-order chi connectivity index (χ0) is 12.8. The monoisotopic (exact) mass is 290 g/mol. The van der Waals surface area contributed by atoms with Gasteiger partial charge in [-0.05, 0) is 51.1 Å². The zero-order valence-electron chi connectivity index (χ0n) is 11.6. The van der Waals surface area contributed by atoms with Gasteiger partial charge in [-0.3, -0.25) is 4.79 Å². The molecule has 3 N–H and O–H groups in total. The SMILES string of the molecule is Cl.O=C(CCC1CCNCC1)NCC1CCCC1O. The van der Waals surface area contributed by atoms with Crippen LogP contribution in [-0.2, 0) is 4.79 Å². The molecule has 1 amide bonds. The second kappa shape index (κ2) is 8.77. The van der Waals surface area contributed by atoms with Crippen LogP contribution in [0.3, 0.4) is 0 Å². The molecule has 0 aromatic rings. The van der Waals surface area contributed by atoms with Gasteiger partial charge in [-0.2, -0.15) is 0 Å². The third-order valence-corrected chi connectivity index (χ3v) is 4.42. The molecule has 2 atom stereocenters. The van der Waals surface area contributed by atoms with Gasteiger partial charge in [-0.25, -0.2) is 0 Å². The number of nitrogens with one attached hydrogen (secondary N) is 2. The average Bonchev–Trinajstić information content (AvgIpc) is 2.81. The Labute approximate surface area is 122 Å². The smallest absolute Gasteiger partial charge is 0.220 e. The lowest BCUT2D eigenvalue weighted by Crippen LogP contribution is -2.33. The molecule has 1 aliphatic carbocycles. The summed E-state index contributed by atoms with van der Waals surface area (Å²) in [6.45, 7) is 2.85. The molecule has 2 rings (SSSR count). The van der Waals surface area contributed by atoms with Gasteiger partial charge in [-0.1, -0.05) is 6.42 Å². The van der Waals surface area contributed by atoms with Crippen molar-refractivity contribution in [1.29, 1.82) is 0 Å². The van der Waals surface area contributed by atoms with Crippen molar-refractivity contribution >= 4 is 18.3 Å². The van der Waals surface area contributed by atoms with E-state index >= 15 is 0 Å². The first-order valence-electron chi connectivity index (χ1n) is 7.41. The van der Waals surface area contributed by atoms with Crippen LogP contribution in [0.1, 0.15) is 44.9 Å². The predicted molar refractivity (Wildman–Crippen MR) is 78.4 cm³/mol. The molecule has 0 radical (unpaired) electrons. The second-order valence-electron chi connectivity index (χ2n) is 5.79. The number of carbonyl (C=O) groups is 1. The fourth-order valence-corrected chi connectivity index (χ4v) is 3.09. The number of piperidine rings is 1. The van der Waals surface area contributed by atoms with Crippen molar-refractivity contribution in [2.45, 2.75) is 51.0 Å². The van der Waals surface area contributed by atoms with Crippen LogP contribution in [0.2, 0.25) is 0 Å². The number of halogens is 1. The molecule has 1 saturated heterocycles. The Hall–Kier alpha value is -0.320. The standard InChI is InChI=1S/C14H26N2O2.ClH/c17-13-3-1-2-12(13)10-16-14(18)5-4-11-6-8-15-9-7-11;/h11-13,15,17H,1-10H2,(H,16,18);1H. The summed E-state index contributed by atoms with van der Waals surface area (Å²) >= 11 is 0. The van der Waals surface area contributed by atoms with Crippen LogP contribution in [0.25, 0.3) is 0 Å². The first-order chi connectivity index (χ1) is 8.75. The van der Waals surface area contributed by atoms with Gasteiger partial charge in [-0.15, -0.1) is 12.4 Å². The number of rotatable bonds is 5. The van der Waals surface area contributed by atoms with Crippen LogP contribution in [-0.4, -0.2) is 36.8 Å². The Balaban J connectivity index is 0.00000180. The van der Waals surface area contributed by atoms with Crippen molar-refractivity contribution in [1.82, 2.24) is 10.6 Å². The molecule has 0 bridgehead atoms. The third-order valence-electron chi connectivity index (χ3n) is 4.42. The molecule has 0 aromatic carbocycles. The largest absolute Gasteiger partial charge is 0.393 e. The fraction of sp³-hybridized carbons (Fsp3) is 0.929. The van der Waals surface area contributed by atoms with E-state index in [4.69, 9.17) is 0 Å². The van der Waals surface area contributed by atoms with E-state index < -0.39 is 0 Å². The summed E-state index contributed by atoms with van der Waals surface area (Å²) < 4.78 is 0. The molecule has 2 fully saturated rings. The molecule has 0 spiro atoms. The van der Waals surface area contributed by atoms with Gasteiger partial charge in [0, 0.05) is 18.9 Å². The maximum Gasteiger partial charge on any atom is 0.220 e. The molecule has 1 heterocycles. The van der Waals surface area contributed by atoms with E-state index in [0.717, 1.165) is 38.8 Å². The predicted octanol–water partition coefficient (Wildman–Crippen LogP) is 1.47. The van der Waals surface area contributed by atoms with Crippen molar-refractivity contribution in [3.05, 3.63) is 0 Å².